The van der Waals surface area contributed by atoms with Gasteiger partial charge < -0.3 is 0 Å². The van der Waals surface area contributed by atoms with Gasteiger partial charge in [0.2, 0.25) is 0 Å². The summed E-state index contributed by atoms with van der Waals surface area (Å²) in [6.45, 7) is 7.39. The molecule has 4 rings (SSSR count). The third-order valence-electron chi connectivity index (χ3n) is 7.75. The molecule has 4 aliphatic rings. The van der Waals surface area contributed by atoms with Crippen LogP contribution in [0.1, 0.15) is 65.7 Å². The minimum Gasteiger partial charge on any atom is -0.300 e. The lowest BCUT2D eigenvalue weighted by Gasteiger charge is -2.42. The van der Waals surface area contributed by atoms with Crippen LogP contribution in [-0.4, -0.2) is 24.0 Å². The molecule has 1 saturated heterocycles. The molecule has 7 atom stereocenters. The first-order valence-corrected chi connectivity index (χ1v) is 9.54. The molecule has 0 spiro atoms. The largest absolute Gasteiger partial charge is 0.300 e. The quantitative estimate of drug-likeness (QED) is 0.620. The summed E-state index contributed by atoms with van der Waals surface area (Å²) in [5.41, 5.74) is 0.507. The predicted octanol–water partition coefficient (Wildman–Crippen LogP) is 4.77. The Bertz CT molecular complexity index is 395. The summed E-state index contributed by atoms with van der Waals surface area (Å²) >= 11 is 0. The molecule has 1 aliphatic heterocycles. The van der Waals surface area contributed by atoms with Crippen molar-refractivity contribution < 1.29 is 0 Å². The van der Waals surface area contributed by atoms with Gasteiger partial charge in [-0.25, -0.2) is 0 Å². The average molecular weight is 288 g/mol. The summed E-state index contributed by atoms with van der Waals surface area (Å²) in [5, 5.41) is 0. The van der Waals surface area contributed by atoms with Crippen LogP contribution in [0.25, 0.3) is 0 Å². The van der Waals surface area contributed by atoms with Gasteiger partial charge in [0.1, 0.15) is 0 Å². The van der Waals surface area contributed by atoms with Crippen molar-refractivity contribution in [3.63, 3.8) is 0 Å². The highest BCUT2D eigenvalue weighted by atomic mass is 15.2. The first-order valence-electron chi connectivity index (χ1n) is 9.54. The van der Waals surface area contributed by atoms with Gasteiger partial charge in [0.05, 0.1) is 0 Å². The number of hydrogen-bond donors (Lipinski definition) is 0. The Morgan fingerprint density at radius 3 is 2.48 bits per heavy atom. The fourth-order valence-corrected chi connectivity index (χ4v) is 6.62. The zero-order chi connectivity index (χ0) is 14.8. The molecule has 0 aromatic carbocycles. The van der Waals surface area contributed by atoms with Crippen LogP contribution in [0.3, 0.4) is 0 Å². The summed E-state index contributed by atoms with van der Waals surface area (Å²) in [7, 11) is 2.46. The van der Waals surface area contributed by atoms with Crippen molar-refractivity contribution in [1.82, 2.24) is 4.90 Å². The minimum absolute atomic E-state index is 0.507. The lowest BCUT2D eigenvalue weighted by atomic mass is 9.65. The van der Waals surface area contributed by atoms with Gasteiger partial charge in [0.15, 0.2) is 0 Å². The molecule has 21 heavy (non-hydrogen) atoms. The highest BCUT2D eigenvalue weighted by molar-refractivity contribution is 5.16. The second-order valence-electron chi connectivity index (χ2n) is 9.65. The number of rotatable bonds is 0. The second-order valence-corrected chi connectivity index (χ2v) is 9.65. The maximum absolute atomic E-state index is 2.85. The molecule has 3 aliphatic carbocycles. The molecule has 1 heteroatoms. The fourth-order valence-electron chi connectivity index (χ4n) is 6.62. The first-order chi connectivity index (χ1) is 9.97. The van der Waals surface area contributed by atoms with E-state index in [9.17, 15) is 0 Å². The van der Waals surface area contributed by atoms with Gasteiger partial charge in [-0.05, 0) is 80.6 Å². The molecule has 7 unspecified atom stereocenters. The zero-order valence-electron chi connectivity index (χ0n) is 14.5. The second kappa shape index (κ2) is 4.98. The Hall–Kier alpha value is -0.0400. The van der Waals surface area contributed by atoms with Gasteiger partial charge in [0, 0.05) is 12.1 Å². The third-order valence-corrected chi connectivity index (χ3v) is 7.75. The molecule has 1 radical (unpaired) electrons. The van der Waals surface area contributed by atoms with Gasteiger partial charge >= 0.3 is 0 Å². The molecule has 0 aromatic heterocycles. The lowest BCUT2D eigenvalue weighted by Crippen LogP contribution is -2.42. The molecule has 0 bridgehead atoms. The van der Waals surface area contributed by atoms with E-state index in [1.165, 1.54) is 44.9 Å². The Labute approximate surface area is 131 Å². The van der Waals surface area contributed by atoms with Crippen molar-refractivity contribution in [2.45, 2.75) is 77.8 Å². The number of likely N-dealkylation sites (tertiary alicyclic amines) is 1. The minimum atomic E-state index is 0.507. The predicted molar refractivity (Wildman–Crippen MR) is 88.9 cm³/mol. The molecule has 119 valence electrons. The fraction of sp³-hybridized carbons (Fsp3) is 0.950. The zero-order valence-corrected chi connectivity index (χ0v) is 14.5. The Kier molecular flexibility index (Phi) is 3.45. The van der Waals surface area contributed by atoms with Crippen LogP contribution in [-0.2, 0) is 0 Å². The average Bonchev–Trinajstić information content (AvgIpc) is 2.95. The van der Waals surface area contributed by atoms with Gasteiger partial charge in [-0.2, -0.15) is 0 Å². The van der Waals surface area contributed by atoms with E-state index in [4.69, 9.17) is 0 Å². The highest BCUT2D eigenvalue weighted by Gasteiger charge is 2.57. The Morgan fingerprint density at radius 1 is 0.952 bits per heavy atom. The highest BCUT2D eigenvalue weighted by Crippen LogP contribution is 2.58. The monoisotopic (exact) mass is 288 g/mol. The normalized spacial score (nSPS) is 50.6. The summed E-state index contributed by atoms with van der Waals surface area (Å²) in [5.74, 6) is 4.82. The Balaban J connectivity index is 1.56. The van der Waals surface area contributed by atoms with E-state index < -0.39 is 0 Å². The van der Waals surface area contributed by atoms with E-state index in [1.807, 2.05) is 0 Å². The summed E-state index contributed by atoms with van der Waals surface area (Å²) in [4.78, 5) is 2.85. The van der Waals surface area contributed by atoms with E-state index >= 15 is 0 Å². The van der Waals surface area contributed by atoms with Crippen LogP contribution in [0.15, 0.2) is 0 Å². The van der Waals surface area contributed by atoms with E-state index in [2.05, 4.69) is 39.1 Å². The van der Waals surface area contributed by atoms with E-state index in [-0.39, 0.29) is 0 Å². The van der Waals surface area contributed by atoms with Crippen molar-refractivity contribution >= 4 is 0 Å². The van der Waals surface area contributed by atoms with Crippen molar-refractivity contribution in [3.8, 4) is 0 Å². The van der Waals surface area contributed by atoms with E-state index in [0.29, 0.717) is 5.41 Å². The van der Waals surface area contributed by atoms with Crippen LogP contribution in [0.5, 0.6) is 0 Å². The molecule has 4 fully saturated rings. The molecule has 0 amide bonds. The summed E-state index contributed by atoms with van der Waals surface area (Å²) in [6, 6.07) is 1.81. The van der Waals surface area contributed by atoms with Gasteiger partial charge in [0.25, 0.3) is 0 Å². The van der Waals surface area contributed by atoms with Crippen molar-refractivity contribution in [2.24, 2.45) is 35.0 Å². The van der Waals surface area contributed by atoms with E-state index in [0.717, 1.165) is 41.7 Å². The van der Waals surface area contributed by atoms with Gasteiger partial charge in [-0.1, -0.05) is 33.6 Å². The molecule has 1 nitrogen and oxygen atoms in total. The number of fused-ring (bicyclic) bond motifs is 5. The van der Waals surface area contributed by atoms with Gasteiger partial charge in [-0.15, -0.1) is 0 Å². The first kappa shape index (κ1) is 14.5. The number of nitrogens with zero attached hydrogens (tertiary/aromatic N) is 1. The SMILES string of the molecule is CN1C2CCC(C(C)(C)C)CC2C2[CH]C3CCCCC3C21. The van der Waals surface area contributed by atoms with Crippen LogP contribution in [0.2, 0.25) is 0 Å². The van der Waals surface area contributed by atoms with Crippen LogP contribution in [0, 0.1) is 41.4 Å². The summed E-state index contributed by atoms with van der Waals surface area (Å²) in [6.07, 6.45) is 13.2. The van der Waals surface area contributed by atoms with Crippen LogP contribution < -0.4 is 0 Å². The Morgan fingerprint density at radius 2 is 1.71 bits per heavy atom. The lowest BCUT2D eigenvalue weighted by molar-refractivity contribution is 0.0802. The third kappa shape index (κ3) is 2.21. The molecule has 0 N–H and O–H groups in total. The molecule has 1 heterocycles. The topological polar surface area (TPSA) is 3.24 Å². The number of hydrogen-bond acceptors (Lipinski definition) is 1. The van der Waals surface area contributed by atoms with Crippen molar-refractivity contribution in [2.75, 3.05) is 7.05 Å². The van der Waals surface area contributed by atoms with Crippen LogP contribution >= 0.6 is 0 Å². The maximum Gasteiger partial charge on any atom is 0.0161 e. The van der Waals surface area contributed by atoms with Crippen molar-refractivity contribution in [1.29, 1.82) is 0 Å². The summed E-state index contributed by atoms with van der Waals surface area (Å²) < 4.78 is 0. The van der Waals surface area contributed by atoms with Crippen molar-refractivity contribution in [3.05, 3.63) is 6.42 Å². The maximum atomic E-state index is 2.85. The van der Waals surface area contributed by atoms with Crippen LogP contribution in [0.4, 0.5) is 0 Å². The molecular formula is C20H34N. The smallest absolute Gasteiger partial charge is 0.0161 e. The van der Waals surface area contributed by atoms with Gasteiger partial charge in [-0.3, -0.25) is 4.90 Å². The molecular weight excluding hydrogens is 254 g/mol. The molecule has 3 saturated carbocycles. The molecule has 0 aromatic rings. The van der Waals surface area contributed by atoms with E-state index in [1.54, 1.807) is 0 Å². The standard InChI is InChI=1S/C20H34N/c1-20(2,3)14-9-10-18-16(12-14)17-11-13-7-5-6-8-15(13)19(17)21(18)4/h11,13-19H,5-10,12H2,1-4H3.